The fourth-order valence-corrected chi connectivity index (χ4v) is 2.72. The minimum atomic E-state index is 0.724. The van der Waals surface area contributed by atoms with Crippen molar-refractivity contribution in [2.24, 2.45) is 11.8 Å². The van der Waals surface area contributed by atoms with Crippen molar-refractivity contribution in [2.75, 3.05) is 39.9 Å². The monoisotopic (exact) mass is 212 g/mol. The standard InChI is InChI=1S/C12H24N2O/c1-10-8-14(2)5-3-12(10)13-7-11-4-6-15-9-11/h10-13H,3-9H2,1-2H3. The van der Waals surface area contributed by atoms with Crippen molar-refractivity contribution in [1.82, 2.24) is 10.2 Å². The van der Waals surface area contributed by atoms with Gasteiger partial charge >= 0.3 is 0 Å². The van der Waals surface area contributed by atoms with Crippen molar-refractivity contribution in [3.8, 4) is 0 Å². The largest absolute Gasteiger partial charge is 0.381 e. The highest BCUT2D eigenvalue weighted by Crippen LogP contribution is 2.17. The molecule has 3 nitrogen and oxygen atoms in total. The Morgan fingerprint density at radius 3 is 2.93 bits per heavy atom. The molecule has 2 aliphatic rings. The van der Waals surface area contributed by atoms with Gasteiger partial charge in [-0.2, -0.15) is 0 Å². The van der Waals surface area contributed by atoms with E-state index in [0.29, 0.717) is 0 Å². The summed E-state index contributed by atoms with van der Waals surface area (Å²) in [7, 11) is 2.22. The van der Waals surface area contributed by atoms with E-state index in [1.165, 1.54) is 25.9 Å². The van der Waals surface area contributed by atoms with Gasteiger partial charge < -0.3 is 15.0 Å². The zero-order valence-electron chi connectivity index (χ0n) is 10.0. The number of ether oxygens (including phenoxy) is 1. The molecule has 0 amide bonds. The SMILES string of the molecule is CC1CN(C)CCC1NCC1CCOC1. The molecule has 2 heterocycles. The molecule has 3 atom stereocenters. The molecule has 0 spiro atoms. The van der Waals surface area contributed by atoms with E-state index in [9.17, 15) is 0 Å². The molecular formula is C12H24N2O. The zero-order chi connectivity index (χ0) is 10.7. The summed E-state index contributed by atoms with van der Waals surface area (Å²) in [6.07, 6.45) is 2.54. The van der Waals surface area contributed by atoms with Crippen LogP contribution >= 0.6 is 0 Å². The van der Waals surface area contributed by atoms with E-state index in [4.69, 9.17) is 4.74 Å². The fourth-order valence-electron chi connectivity index (χ4n) is 2.72. The minimum absolute atomic E-state index is 0.724. The van der Waals surface area contributed by atoms with Crippen LogP contribution in [0.2, 0.25) is 0 Å². The van der Waals surface area contributed by atoms with Gasteiger partial charge in [0.1, 0.15) is 0 Å². The van der Waals surface area contributed by atoms with E-state index in [0.717, 1.165) is 37.6 Å². The highest BCUT2D eigenvalue weighted by atomic mass is 16.5. The van der Waals surface area contributed by atoms with Gasteiger partial charge in [0.25, 0.3) is 0 Å². The summed E-state index contributed by atoms with van der Waals surface area (Å²) in [5.41, 5.74) is 0. The lowest BCUT2D eigenvalue weighted by atomic mass is 9.93. The van der Waals surface area contributed by atoms with Gasteiger partial charge in [-0.15, -0.1) is 0 Å². The molecule has 2 aliphatic heterocycles. The molecule has 2 rings (SSSR count). The van der Waals surface area contributed by atoms with Crippen LogP contribution in [0.25, 0.3) is 0 Å². The van der Waals surface area contributed by atoms with Crippen molar-refractivity contribution >= 4 is 0 Å². The Kier molecular flexibility index (Phi) is 4.00. The lowest BCUT2D eigenvalue weighted by molar-refractivity contribution is 0.163. The first-order valence-electron chi connectivity index (χ1n) is 6.25. The number of nitrogens with one attached hydrogen (secondary N) is 1. The number of nitrogens with zero attached hydrogens (tertiary/aromatic N) is 1. The molecule has 0 aromatic heterocycles. The first kappa shape index (κ1) is 11.4. The van der Waals surface area contributed by atoms with Gasteiger partial charge in [-0.1, -0.05) is 6.92 Å². The number of rotatable bonds is 3. The van der Waals surface area contributed by atoms with E-state index < -0.39 is 0 Å². The van der Waals surface area contributed by atoms with Gasteiger partial charge in [0.15, 0.2) is 0 Å². The van der Waals surface area contributed by atoms with E-state index in [-0.39, 0.29) is 0 Å². The van der Waals surface area contributed by atoms with Crippen LogP contribution in [0.5, 0.6) is 0 Å². The summed E-state index contributed by atoms with van der Waals surface area (Å²) in [4.78, 5) is 2.43. The predicted octanol–water partition coefficient (Wildman–Crippen LogP) is 0.953. The van der Waals surface area contributed by atoms with Gasteiger partial charge in [0.05, 0.1) is 6.61 Å². The summed E-state index contributed by atoms with van der Waals surface area (Å²) >= 11 is 0. The van der Waals surface area contributed by atoms with Gasteiger partial charge in [-0.05, 0) is 38.3 Å². The van der Waals surface area contributed by atoms with Gasteiger partial charge in [0.2, 0.25) is 0 Å². The zero-order valence-corrected chi connectivity index (χ0v) is 10.0. The Balaban J connectivity index is 1.69. The quantitative estimate of drug-likeness (QED) is 0.754. The third-order valence-electron chi connectivity index (χ3n) is 3.80. The van der Waals surface area contributed by atoms with Crippen LogP contribution in [0.3, 0.4) is 0 Å². The average Bonchev–Trinajstić information content (AvgIpc) is 2.69. The summed E-state index contributed by atoms with van der Waals surface area (Å²) in [6, 6.07) is 0.724. The number of hydrogen-bond acceptors (Lipinski definition) is 3. The average molecular weight is 212 g/mol. The maximum absolute atomic E-state index is 5.39. The molecule has 2 fully saturated rings. The Bertz CT molecular complexity index is 192. The molecule has 0 aliphatic carbocycles. The number of hydrogen-bond donors (Lipinski definition) is 1. The molecule has 0 radical (unpaired) electrons. The summed E-state index contributed by atoms with van der Waals surface area (Å²) in [5, 5.41) is 3.73. The maximum Gasteiger partial charge on any atom is 0.0507 e. The van der Waals surface area contributed by atoms with Crippen LogP contribution < -0.4 is 5.32 Å². The van der Waals surface area contributed by atoms with Crippen LogP contribution in [0.1, 0.15) is 19.8 Å². The van der Waals surface area contributed by atoms with E-state index >= 15 is 0 Å². The first-order chi connectivity index (χ1) is 7.25. The predicted molar refractivity (Wildman–Crippen MR) is 62.0 cm³/mol. The van der Waals surface area contributed by atoms with Crippen LogP contribution in [-0.4, -0.2) is 50.8 Å². The molecule has 15 heavy (non-hydrogen) atoms. The Hall–Kier alpha value is -0.120. The third kappa shape index (κ3) is 3.16. The van der Waals surface area contributed by atoms with Gasteiger partial charge in [-0.3, -0.25) is 0 Å². The molecular weight excluding hydrogens is 188 g/mol. The number of piperidine rings is 1. The second kappa shape index (κ2) is 5.28. The van der Waals surface area contributed by atoms with Gasteiger partial charge in [0, 0.05) is 25.7 Å². The normalized spacial score (nSPS) is 38.4. The molecule has 0 saturated carbocycles. The number of likely N-dealkylation sites (tertiary alicyclic amines) is 1. The van der Waals surface area contributed by atoms with E-state index in [2.05, 4.69) is 24.2 Å². The summed E-state index contributed by atoms with van der Waals surface area (Å²) < 4.78 is 5.39. The van der Waals surface area contributed by atoms with Crippen molar-refractivity contribution in [3.63, 3.8) is 0 Å². The lowest BCUT2D eigenvalue weighted by Crippen LogP contribution is -2.48. The Morgan fingerprint density at radius 2 is 2.27 bits per heavy atom. The van der Waals surface area contributed by atoms with Crippen LogP contribution in [-0.2, 0) is 4.74 Å². The highest BCUT2D eigenvalue weighted by Gasteiger charge is 2.25. The minimum Gasteiger partial charge on any atom is -0.381 e. The lowest BCUT2D eigenvalue weighted by Gasteiger charge is -2.35. The van der Waals surface area contributed by atoms with Gasteiger partial charge in [-0.25, -0.2) is 0 Å². The first-order valence-corrected chi connectivity index (χ1v) is 6.25. The molecule has 3 heteroatoms. The molecule has 3 unspecified atom stereocenters. The summed E-state index contributed by atoms with van der Waals surface area (Å²) in [6.45, 7) is 7.92. The molecule has 88 valence electrons. The topological polar surface area (TPSA) is 24.5 Å². The Labute approximate surface area is 93.2 Å². The van der Waals surface area contributed by atoms with E-state index in [1.807, 2.05) is 0 Å². The van der Waals surface area contributed by atoms with Crippen LogP contribution in [0, 0.1) is 11.8 Å². The second-order valence-corrected chi connectivity index (χ2v) is 5.27. The fraction of sp³-hybridized carbons (Fsp3) is 1.00. The van der Waals surface area contributed by atoms with Crippen molar-refractivity contribution in [3.05, 3.63) is 0 Å². The van der Waals surface area contributed by atoms with Crippen molar-refractivity contribution in [2.45, 2.75) is 25.8 Å². The molecule has 0 aromatic carbocycles. The smallest absolute Gasteiger partial charge is 0.0507 e. The molecule has 1 N–H and O–H groups in total. The Morgan fingerprint density at radius 1 is 1.40 bits per heavy atom. The van der Waals surface area contributed by atoms with Crippen molar-refractivity contribution < 1.29 is 4.74 Å². The molecule has 0 bridgehead atoms. The van der Waals surface area contributed by atoms with Crippen LogP contribution in [0.15, 0.2) is 0 Å². The molecule has 2 saturated heterocycles. The maximum atomic E-state index is 5.39. The van der Waals surface area contributed by atoms with Crippen molar-refractivity contribution in [1.29, 1.82) is 0 Å². The van der Waals surface area contributed by atoms with E-state index in [1.54, 1.807) is 0 Å². The highest BCUT2D eigenvalue weighted by molar-refractivity contribution is 4.82. The summed E-state index contributed by atoms with van der Waals surface area (Å²) in [5.74, 6) is 1.54. The third-order valence-corrected chi connectivity index (χ3v) is 3.80. The van der Waals surface area contributed by atoms with Crippen LogP contribution in [0.4, 0.5) is 0 Å². The second-order valence-electron chi connectivity index (χ2n) is 5.27. The molecule has 0 aromatic rings.